The van der Waals surface area contributed by atoms with E-state index in [1.807, 2.05) is 0 Å². The number of aryl methyl sites for hydroxylation is 1. The quantitative estimate of drug-likeness (QED) is 0.259. The fourth-order valence-corrected chi connectivity index (χ4v) is 5.97. The molecule has 0 atom stereocenters. The third-order valence-corrected chi connectivity index (χ3v) is 7.70. The van der Waals surface area contributed by atoms with Crippen LogP contribution in [-0.2, 0) is 5.41 Å². The molecule has 1 aliphatic carbocycles. The molecule has 36 heavy (non-hydrogen) atoms. The van der Waals surface area contributed by atoms with E-state index in [0.29, 0.717) is 0 Å². The topological polar surface area (TPSA) is 16.4 Å². The Morgan fingerprint density at radius 1 is 0.611 bits per heavy atom. The summed E-state index contributed by atoms with van der Waals surface area (Å²) < 4.78 is 6.89. The molecule has 1 heterocycles. The molecule has 174 valence electrons. The van der Waals surface area contributed by atoms with Crippen LogP contribution in [0.1, 0.15) is 30.5 Å². The molecule has 7 rings (SSSR count). The standard InChI is InChI=1S/C34H27NO/c1-22-11-9-14-24(21-22)35(23-12-5-4-6-13-23)30-18-10-16-25-26-19-20-29-31(33(26)36-32(25)30)27-15-7-8-17-28(27)34(29,2)3/h4-21H,1-3H3. The van der Waals surface area contributed by atoms with Crippen LogP contribution in [0.15, 0.2) is 114 Å². The Balaban J connectivity index is 1.55. The molecule has 1 aromatic heterocycles. The van der Waals surface area contributed by atoms with Crippen molar-refractivity contribution in [2.24, 2.45) is 0 Å². The monoisotopic (exact) mass is 465 g/mol. The van der Waals surface area contributed by atoms with Crippen molar-refractivity contribution in [1.29, 1.82) is 0 Å². The predicted molar refractivity (Wildman–Crippen MR) is 151 cm³/mol. The van der Waals surface area contributed by atoms with Crippen molar-refractivity contribution in [1.82, 2.24) is 0 Å². The summed E-state index contributed by atoms with van der Waals surface area (Å²) in [4.78, 5) is 2.30. The van der Waals surface area contributed by atoms with Gasteiger partial charge in [0.1, 0.15) is 5.58 Å². The highest BCUT2D eigenvalue weighted by Crippen LogP contribution is 2.53. The van der Waals surface area contributed by atoms with Crippen molar-refractivity contribution >= 4 is 39.0 Å². The van der Waals surface area contributed by atoms with Crippen LogP contribution in [0.4, 0.5) is 17.1 Å². The minimum absolute atomic E-state index is 0.0560. The van der Waals surface area contributed by atoms with Gasteiger partial charge in [-0.25, -0.2) is 0 Å². The lowest BCUT2D eigenvalue weighted by Crippen LogP contribution is -2.14. The molecule has 5 aromatic carbocycles. The minimum atomic E-state index is -0.0560. The van der Waals surface area contributed by atoms with Gasteiger partial charge in [-0.3, -0.25) is 0 Å². The van der Waals surface area contributed by atoms with Crippen molar-refractivity contribution in [3.63, 3.8) is 0 Å². The van der Waals surface area contributed by atoms with Gasteiger partial charge in [-0.1, -0.05) is 92.7 Å². The van der Waals surface area contributed by atoms with Crippen molar-refractivity contribution in [3.8, 4) is 11.1 Å². The Morgan fingerprint density at radius 2 is 1.33 bits per heavy atom. The smallest absolute Gasteiger partial charge is 0.159 e. The molecule has 0 spiro atoms. The van der Waals surface area contributed by atoms with E-state index in [1.54, 1.807) is 0 Å². The number of furan rings is 1. The van der Waals surface area contributed by atoms with Crippen LogP contribution >= 0.6 is 0 Å². The average Bonchev–Trinajstić information content (AvgIpc) is 3.39. The molecule has 0 N–H and O–H groups in total. The van der Waals surface area contributed by atoms with Gasteiger partial charge in [0.25, 0.3) is 0 Å². The largest absolute Gasteiger partial charge is 0.453 e. The second-order valence-corrected chi connectivity index (χ2v) is 10.3. The maximum Gasteiger partial charge on any atom is 0.159 e. The number of hydrogen-bond donors (Lipinski definition) is 0. The van der Waals surface area contributed by atoms with Crippen LogP contribution in [0.2, 0.25) is 0 Å². The first-order valence-electron chi connectivity index (χ1n) is 12.5. The third kappa shape index (κ3) is 2.91. The van der Waals surface area contributed by atoms with E-state index in [-0.39, 0.29) is 5.41 Å². The molecule has 2 heteroatoms. The molecule has 0 amide bonds. The van der Waals surface area contributed by atoms with Crippen molar-refractivity contribution in [2.45, 2.75) is 26.2 Å². The number of benzene rings is 5. The van der Waals surface area contributed by atoms with Gasteiger partial charge in [0, 0.05) is 33.1 Å². The lowest BCUT2D eigenvalue weighted by molar-refractivity contribution is 0.653. The minimum Gasteiger partial charge on any atom is -0.453 e. The Kier molecular flexibility index (Phi) is 4.44. The van der Waals surface area contributed by atoms with Gasteiger partial charge < -0.3 is 9.32 Å². The maximum absolute atomic E-state index is 6.89. The maximum atomic E-state index is 6.89. The SMILES string of the molecule is Cc1cccc(N(c2ccccc2)c2cccc3c2oc2c4c(ccc23)C(C)(C)c2ccccc2-4)c1. The highest BCUT2D eigenvalue weighted by Gasteiger charge is 2.37. The highest BCUT2D eigenvalue weighted by atomic mass is 16.3. The molecule has 0 saturated heterocycles. The van der Waals surface area contributed by atoms with E-state index in [2.05, 4.69) is 135 Å². The first kappa shape index (κ1) is 21.0. The molecule has 6 aromatic rings. The second kappa shape index (κ2) is 7.60. The van der Waals surface area contributed by atoms with Crippen LogP contribution in [-0.4, -0.2) is 0 Å². The molecule has 2 nitrogen and oxygen atoms in total. The molecule has 0 bridgehead atoms. The number of para-hydroxylation sites is 2. The fourth-order valence-electron chi connectivity index (χ4n) is 5.97. The van der Waals surface area contributed by atoms with E-state index in [9.17, 15) is 0 Å². The van der Waals surface area contributed by atoms with Gasteiger partial charge in [0.2, 0.25) is 0 Å². The van der Waals surface area contributed by atoms with Gasteiger partial charge in [-0.15, -0.1) is 0 Å². The van der Waals surface area contributed by atoms with Gasteiger partial charge in [0.05, 0.1) is 5.69 Å². The molecule has 0 unspecified atom stereocenters. The summed E-state index contributed by atoms with van der Waals surface area (Å²) in [5, 5.41) is 2.30. The summed E-state index contributed by atoms with van der Waals surface area (Å²) >= 11 is 0. The lowest BCUT2D eigenvalue weighted by atomic mass is 9.82. The van der Waals surface area contributed by atoms with E-state index in [1.165, 1.54) is 27.8 Å². The first-order valence-corrected chi connectivity index (χ1v) is 12.5. The zero-order chi connectivity index (χ0) is 24.4. The molecular formula is C34H27NO. The number of fused-ring (bicyclic) bond motifs is 7. The van der Waals surface area contributed by atoms with Crippen LogP contribution in [0, 0.1) is 6.92 Å². The van der Waals surface area contributed by atoms with Gasteiger partial charge in [-0.2, -0.15) is 0 Å². The third-order valence-electron chi connectivity index (χ3n) is 7.70. The summed E-state index contributed by atoms with van der Waals surface area (Å²) in [7, 11) is 0. The van der Waals surface area contributed by atoms with Crippen molar-refractivity contribution < 1.29 is 4.42 Å². The number of nitrogens with zero attached hydrogens (tertiary/aromatic N) is 1. The summed E-state index contributed by atoms with van der Waals surface area (Å²) in [6.45, 7) is 6.76. The summed E-state index contributed by atoms with van der Waals surface area (Å²) in [5.41, 5.74) is 11.5. The van der Waals surface area contributed by atoms with Crippen LogP contribution < -0.4 is 4.90 Å². The first-order chi connectivity index (χ1) is 17.5. The predicted octanol–water partition coefficient (Wildman–Crippen LogP) is 9.67. The van der Waals surface area contributed by atoms with E-state index < -0.39 is 0 Å². The van der Waals surface area contributed by atoms with Gasteiger partial charge in [0.15, 0.2) is 5.58 Å². The lowest BCUT2D eigenvalue weighted by Gasteiger charge is -2.25. The van der Waals surface area contributed by atoms with Gasteiger partial charge in [-0.05, 0) is 59.5 Å². The molecule has 0 fully saturated rings. The molecule has 0 radical (unpaired) electrons. The van der Waals surface area contributed by atoms with E-state index in [4.69, 9.17) is 4.42 Å². The zero-order valence-corrected chi connectivity index (χ0v) is 20.7. The van der Waals surface area contributed by atoms with Crippen molar-refractivity contribution in [2.75, 3.05) is 4.90 Å². The van der Waals surface area contributed by atoms with E-state index >= 15 is 0 Å². The van der Waals surface area contributed by atoms with Gasteiger partial charge >= 0.3 is 0 Å². The Labute approximate surface area is 211 Å². The normalized spacial score (nSPS) is 13.6. The fraction of sp³-hybridized carbons (Fsp3) is 0.118. The summed E-state index contributed by atoms with van der Waals surface area (Å²) in [6, 6.07) is 39.0. The zero-order valence-electron chi connectivity index (χ0n) is 20.7. The molecule has 0 aliphatic heterocycles. The number of rotatable bonds is 3. The molecular weight excluding hydrogens is 438 g/mol. The van der Waals surface area contributed by atoms with E-state index in [0.717, 1.165) is 39.0 Å². The number of hydrogen-bond acceptors (Lipinski definition) is 2. The summed E-state index contributed by atoms with van der Waals surface area (Å²) in [6.07, 6.45) is 0. The van der Waals surface area contributed by atoms with Crippen molar-refractivity contribution in [3.05, 3.63) is 126 Å². The second-order valence-electron chi connectivity index (χ2n) is 10.3. The molecule has 0 saturated carbocycles. The molecule has 1 aliphatic rings. The number of anilines is 3. The Morgan fingerprint density at radius 3 is 2.17 bits per heavy atom. The summed E-state index contributed by atoms with van der Waals surface area (Å²) in [5.74, 6) is 0. The van der Waals surface area contributed by atoms with Crippen LogP contribution in [0.25, 0.3) is 33.1 Å². The van der Waals surface area contributed by atoms with Crippen LogP contribution in [0.5, 0.6) is 0 Å². The van der Waals surface area contributed by atoms with Crippen LogP contribution in [0.3, 0.4) is 0 Å². The Hall–Kier alpha value is -4.30. The Bertz CT molecular complexity index is 1770. The average molecular weight is 466 g/mol. The highest BCUT2D eigenvalue weighted by molar-refractivity contribution is 6.15.